The third-order valence-corrected chi connectivity index (χ3v) is 5.69. The van der Waals surface area contributed by atoms with Crippen LogP contribution < -0.4 is 10.5 Å². The van der Waals surface area contributed by atoms with Crippen molar-refractivity contribution < 1.29 is 13.5 Å². The highest BCUT2D eigenvalue weighted by molar-refractivity contribution is 7.89. The molecule has 112 valence electrons. The first-order valence-corrected chi connectivity index (χ1v) is 8.25. The van der Waals surface area contributed by atoms with Gasteiger partial charge in [0.2, 0.25) is 10.0 Å². The summed E-state index contributed by atoms with van der Waals surface area (Å²) in [7, 11) is -3.54. The number of nitrogen functional groups attached to an aromatic ring is 1. The van der Waals surface area contributed by atoms with Gasteiger partial charge in [0, 0.05) is 18.8 Å². The Morgan fingerprint density at radius 3 is 2.30 bits per heavy atom. The lowest BCUT2D eigenvalue weighted by Crippen LogP contribution is -2.31. The molecule has 1 aromatic carbocycles. The van der Waals surface area contributed by atoms with Crippen molar-refractivity contribution in [3.63, 3.8) is 0 Å². The standard InChI is InChI=1S/C14H22N2O3S/c1-10-7-12(15)8-11(2)13(10)20(18,19)16-9-14(3-4-14)5-6-17/h7-8,16-17H,3-6,9,15H2,1-2H3. The Hall–Kier alpha value is -1.11. The molecular weight excluding hydrogens is 276 g/mol. The van der Waals surface area contributed by atoms with Gasteiger partial charge >= 0.3 is 0 Å². The summed E-state index contributed by atoms with van der Waals surface area (Å²) < 4.78 is 27.6. The number of aliphatic hydroxyl groups is 1. The number of benzene rings is 1. The first-order valence-electron chi connectivity index (χ1n) is 6.77. The van der Waals surface area contributed by atoms with E-state index in [0.29, 0.717) is 34.7 Å². The predicted octanol–water partition coefficient (Wildman–Crippen LogP) is 1.33. The molecule has 2 rings (SSSR count). The number of rotatable bonds is 6. The number of hydrogen-bond acceptors (Lipinski definition) is 4. The van der Waals surface area contributed by atoms with Gasteiger partial charge in [-0.05, 0) is 61.8 Å². The molecular formula is C14H22N2O3S. The zero-order chi connectivity index (χ0) is 15.0. The molecule has 0 atom stereocenters. The molecule has 0 unspecified atom stereocenters. The van der Waals surface area contributed by atoms with E-state index in [1.807, 2.05) is 0 Å². The van der Waals surface area contributed by atoms with Crippen LogP contribution in [0.25, 0.3) is 0 Å². The van der Waals surface area contributed by atoms with Crippen LogP contribution in [0.3, 0.4) is 0 Å². The summed E-state index contributed by atoms with van der Waals surface area (Å²) in [5.41, 5.74) is 7.55. The van der Waals surface area contributed by atoms with E-state index >= 15 is 0 Å². The van der Waals surface area contributed by atoms with E-state index < -0.39 is 10.0 Å². The summed E-state index contributed by atoms with van der Waals surface area (Å²) >= 11 is 0. The topological polar surface area (TPSA) is 92.4 Å². The summed E-state index contributed by atoms with van der Waals surface area (Å²) in [5, 5.41) is 9.02. The zero-order valence-corrected chi connectivity index (χ0v) is 12.8. The molecule has 1 fully saturated rings. The fourth-order valence-electron chi connectivity index (χ4n) is 2.66. The van der Waals surface area contributed by atoms with Gasteiger partial charge in [-0.15, -0.1) is 0 Å². The molecule has 1 saturated carbocycles. The van der Waals surface area contributed by atoms with Crippen LogP contribution in [0.4, 0.5) is 5.69 Å². The van der Waals surface area contributed by atoms with Crippen molar-refractivity contribution in [2.24, 2.45) is 5.41 Å². The van der Waals surface area contributed by atoms with Gasteiger partial charge in [-0.25, -0.2) is 13.1 Å². The van der Waals surface area contributed by atoms with E-state index in [2.05, 4.69) is 4.72 Å². The van der Waals surface area contributed by atoms with Gasteiger partial charge in [-0.3, -0.25) is 0 Å². The molecule has 0 saturated heterocycles. The Morgan fingerprint density at radius 1 is 1.30 bits per heavy atom. The molecule has 0 heterocycles. The highest BCUT2D eigenvalue weighted by atomic mass is 32.2. The molecule has 1 aliphatic carbocycles. The smallest absolute Gasteiger partial charge is 0.241 e. The van der Waals surface area contributed by atoms with Crippen molar-refractivity contribution in [2.75, 3.05) is 18.9 Å². The van der Waals surface area contributed by atoms with Crippen molar-refractivity contribution in [3.05, 3.63) is 23.3 Å². The maximum absolute atomic E-state index is 12.4. The van der Waals surface area contributed by atoms with Gasteiger partial charge in [0.1, 0.15) is 0 Å². The average molecular weight is 298 g/mol. The highest BCUT2D eigenvalue weighted by Gasteiger charge is 2.42. The van der Waals surface area contributed by atoms with Crippen molar-refractivity contribution in [1.29, 1.82) is 0 Å². The van der Waals surface area contributed by atoms with Crippen LogP contribution in [0.2, 0.25) is 0 Å². The molecule has 20 heavy (non-hydrogen) atoms. The minimum Gasteiger partial charge on any atom is -0.399 e. The number of sulfonamides is 1. The molecule has 6 heteroatoms. The van der Waals surface area contributed by atoms with Crippen LogP contribution in [0.1, 0.15) is 30.4 Å². The number of nitrogens with one attached hydrogen (secondary N) is 1. The first kappa shape index (κ1) is 15.3. The Balaban J connectivity index is 2.19. The van der Waals surface area contributed by atoms with E-state index in [-0.39, 0.29) is 12.0 Å². The SMILES string of the molecule is Cc1cc(N)cc(C)c1S(=O)(=O)NCC1(CCO)CC1. The van der Waals surface area contributed by atoms with Gasteiger partial charge in [0.25, 0.3) is 0 Å². The molecule has 0 aliphatic heterocycles. The molecule has 0 bridgehead atoms. The first-order chi connectivity index (χ1) is 9.30. The van der Waals surface area contributed by atoms with Crippen molar-refractivity contribution in [3.8, 4) is 0 Å². The van der Waals surface area contributed by atoms with E-state index in [1.165, 1.54) is 0 Å². The average Bonchev–Trinajstić information content (AvgIpc) is 3.06. The Labute approximate surface area is 120 Å². The maximum Gasteiger partial charge on any atom is 0.241 e. The van der Waals surface area contributed by atoms with Crippen LogP contribution in [0.5, 0.6) is 0 Å². The number of nitrogens with two attached hydrogens (primary N) is 1. The summed E-state index contributed by atoms with van der Waals surface area (Å²) in [4.78, 5) is 0.312. The molecule has 0 amide bonds. The Kier molecular flexibility index (Phi) is 4.09. The monoisotopic (exact) mass is 298 g/mol. The van der Waals surface area contributed by atoms with E-state index in [0.717, 1.165) is 12.8 Å². The molecule has 0 aromatic heterocycles. The Bertz CT molecular complexity index is 584. The second-order valence-electron chi connectivity index (χ2n) is 5.78. The normalized spacial score (nSPS) is 17.1. The fraction of sp³-hybridized carbons (Fsp3) is 0.571. The molecule has 1 aliphatic rings. The summed E-state index contributed by atoms with van der Waals surface area (Å²) in [6.45, 7) is 3.98. The highest BCUT2D eigenvalue weighted by Crippen LogP contribution is 2.48. The minimum absolute atomic E-state index is 0.0442. The number of aryl methyl sites for hydroxylation is 2. The zero-order valence-electron chi connectivity index (χ0n) is 11.9. The number of hydrogen-bond donors (Lipinski definition) is 3. The second kappa shape index (κ2) is 5.35. The van der Waals surface area contributed by atoms with E-state index in [4.69, 9.17) is 10.8 Å². The van der Waals surface area contributed by atoms with Gasteiger partial charge < -0.3 is 10.8 Å². The van der Waals surface area contributed by atoms with Gasteiger partial charge in [0.05, 0.1) is 4.90 Å². The lowest BCUT2D eigenvalue weighted by atomic mass is 10.0. The van der Waals surface area contributed by atoms with E-state index in [1.54, 1.807) is 26.0 Å². The van der Waals surface area contributed by atoms with Crippen molar-refractivity contribution in [2.45, 2.75) is 38.0 Å². The van der Waals surface area contributed by atoms with Crippen LogP contribution in [-0.4, -0.2) is 26.7 Å². The summed E-state index contributed by atoms with van der Waals surface area (Å²) in [6, 6.07) is 3.34. The fourth-order valence-corrected chi connectivity index (χ4v) is 4.26. The molecule has 4 N–H and O–H groups in total. The Morgan fingerprint density at radius 2 is 1.85 bits per heavy atom. The minimum atomic E-state index is -3.54. The van der Waals surface area contributed by atoms with Crippen molar-refractivity contribution >= 4 is 15.7 Å². The lowest BCUT2D eigenvalue weighted by molar-refractivity contribution is 0.249. The summed E-state index contributed by atoms with van der Waals surface area (Å²) in [5.74, 6) is 0. The van der Waals surface area contributed by atoms with Crippen LogP contribution in [-0.2, 0) is 10.0 Å². The lowest BCUT2D eigenvalue weighted by Gasteiger charge is -2.17. The molecule has 1 aromatic rings. The molecule has 0 radical (unpaired) electrons. The van der Waals surface area contributed by atoms with Gasteiger partial charge in [0.15, 0.2) is 0 Å². The maximum atomic E-state index is 12.4. The molecule has 0 spiro atoms. The number of aliphatic hydroxyl groups excluding tert-OH is 1. The second-order valence-corrected chi connectivity index (χ2v) is 7.49. The third-order valence-electron chi connectivity index (χ3n) is 3.99. The summed E-state index contributed by atoms with van der Waals surface area (Å²) in [6.07, 6.45) is 2.58. The van der Waals surface area contributed by atoms with Crippen LogP contribution in [0, 0.1) is 19.3 Å². The van der Waals surface area contributed by atoms with Gasteiger partial charge in [-0.2, -0.15) is 0 Å². The van der Waals surface area contributed by atoms with Crippen LogP contribution >= 0.6 is 0 Å². The van der Waals surface area contributed by atoms with Crippen LogP contribution in [0.15, 0.2) is 17.0 Å². The van der Waals surface area contributed by atoms with Crippen molar-refractivity contribution in [1.82, 2.24) is 4.72 Å². The molecule has 5 nitrogen and oxygen atoms in total. The predicted molar refractivity (Wildman–Crippen MR) is 78.9 cm³/mol. The third kappa shape index (κ3) is 3.13. The quantitative estimate of drug-likeness (QED) is 0.691. The van der Waals surface area contributed by atoms with Gasteiger partial charge in [-0.1, -0.05) is 0 Å². The largest absolute Gasteiger partial charge is 0.399 e. The van der Waals surface area contributed by atoms with E-state index in [9.17, 15) is 8.42 Å². The number of anilines is 1.